The first-order chi connectivity index (χ1) is 14.2. The number of hydrogen-bond acceptors (Lipinski definition) is 0. The minimum absolute atomic E-state index is 0.747. The van der Waals surface area contributed by atoms with Crippen LogP contribution in [0, 0.1) is 11.8 Å². The Kier molecular flexibility index (Phi) is 10.7. The molecule has 0 saturated heterocycles. The van der Waals surface area contributed by atoms with E-state index in [0.29, 0.717) is 0 Å². The van der Waals surface area contributed by atoms with Crippen LogP contribution in [0.2, 0.25) is 0 Å². The van der Waals surface area contributed by atoms with Crippen LogP contribution in [-0.4, -0.2) is 4.21 Å². The molecule has 0 unspecified atom stereocenters. The molecule has 0 bridgehead atoms. The summed E-state index contributed by atoms with van der Waals surface area (Å²) in [6.45, 7) is 9.05. The number of fused-ring (bicyclic) bond motifs is 2. The van der Waals surface area contributed by atoms with Crippen molar-refractivity contribution in [2.75, 3.05) is 0 Å². The van der Waals surface area contributed by atoms with Gasteiger partial charge in [-0.2, -0.15) is 12.1 Å². The molecule has 0 saturated carbocycles. The first kappa shape index (κ1) is 25.3. The summed E-state index contributed by atoms with van der Waals surface area (Å²) in [7, 11) is 10.3. The summed E-state index contributed by atoms with van der Waals surface area (Å²) in [6, 6.07) is 26.3. The van der Waals surface area contributed by atoms with Crippen LogP contribution in [0.4, 0.5) is 0 Å². The summed E-state index contributed by atoms with van der Waals surface area (Å²) in [6.07, 6.45) is 2.38. The fraction of sp³-hybridized carbons (Fsp3) is 0.296. The van der Waals surface area contributed by atoms with E-state index in [1.165, 1.54) is 45.5 Å². The van der Waals surface area contributed by atoms with Gasteiger partial charge in [-0.1, -0.05) is 39.8 Å². The van der Waals surface area contributed by atoms with Gasteiger partial charge in [0, 0.05) is 0 Å². The number of benzene rings is 2. The van der Waals surface area contributed by atoms with E-state index in [1.807, 2.05) is 0 Å². The Morgan fingerprint density at radius 2 is 1.07 bits per heavy atom. The number of hydrogen-bond donors (Lipinski definition) is 0. The Morgan fingerprint density at radius 3 is 1.37 bits per heavy atom. The first-order valence-electron chi connectivity index (χ1n) is 10.5. The molecule has 0 radical (unpaired) electrons. The van der Waals surface area contributed by atoms with Crippen LogP contribution in [0.1, 0.15) is 38.8 Å². The molecule has 4 aromatic rings. The summed E-state index contributed by atoms with van der Waals surface area (Å²) < 4.78 is 3.37. The average molecular weight is 519 g/mol. The topological polar surface area (TPSA) is 0 Å². The van der Waals surface area contributed by atoms with E-state index < -0.39 is 18.9 Å². The van der Waals surface area contributed by atoms with Crippen molar-refractivity contribution in [2.24, 2.45) is 11.8 Å². The van der Waals surface area contributed by atoms with Crippen molar-refractivity contribution in [1.29, 1.82) is 0 Å². The molecule has 0 aliphatic heterocycles. The monoisotopic (exact) mass is 516 g/mol. The van der Waals surface area contributed by atoms with Gasteiger partial charge in [-0.25, -0.2) is 0 Å². The van der Waals surface area contributed by atoms with Gasteiger partial charge >= 0.3 is 40.1 Å². The van der Waals surface area contributed by atoms with Gasteiger partial charge in [0.2, 0.25) is 0 Å². The Bertz CT molecular complexity index is 903. The third kappa shape index (κ3) is 9.01. The van der Waals surface area contributed by atoms with E-state index in [2.05, 4.69) is 105 Å². The fourth-order valence-corrected chi connectivity index (χ4v) is 3.61. The molecule has 0 heterocycles. The van der Waals surface area contributed by atoms with Crippen LogP contribution in [0.3, 0.4) is 0 Å². The van der Waals surface area contributed by atoms with Gasteiger partial charge in [-0.05, 0) is 24.7 Å². The normalized spacial score (nSPS) is 10.7. The van der Waals surface area contributed by atoms with Crippen molar-refractivity contribution in [3.63, 3.8) is 0 Å². The van der Waals surface area contributed by atoms with Crippen LogP contribution in [0.5, 0.6) is 0 Å². The van der Waals surface area contributed by atoms with Gasteiger partial charge in [-0.15, -0.1) is 81.2 Å². The molecule has 0 nitrogen and oxygen atoms in total. The van der Waals surface area contributed by atoms with Gasteiger partial charge in [-0.3, -0.25) is 0 Å². The van der Waals surface area contributed by atoms with Crippen molar-refractivity contribution in [3.05, 3.63) is 83.9 Å². The molecule has 0 aliphatic carbocycles. The van der Waals surface area contributed by atoms with Gasteiger partial charge in [0.05, 0.1) is 0 Å². The Labute approximate surface area is 196 Å². The predicted octanol–water partition coefficient (Wildman–Crippen LogP) is 8.86. The third-order valence-electron chi connectivity index (χ3n) is 4.64. The SMILES string of the molecule is CC(C)Cc1cc2ccccc2[cH-]1.CC(C)Cc1cc2ccccc2[cH-]1.[CH2]=[Zr]([Cl])[Cl]. The van der Waals surface area contributed by atoms with Crippen LogP contribution in [0.15, 0.2) is 72.8 Å². The molecule has 0 spiro atoms. The molecular formula is C27H32Cl2Zr-2. The molecule has 4 aromatic carbocycles. The van der Waals surface area contributed by atoms with E-state index in [0.717, 1.165) is 11.8 Å². The second-order valence-corrected chi connectivity index (χ2v) is 16.7. The van der Waals surface area contributed by atoms with E-state index >= 15 is 0 Å². The number of rotatable bonds is 4. The summed E-state index contributed by atoms with van der Waals surface area (Å²) in [5.74, 6) is 1.49. The van der Waals surface area contributed by atoms with Gasteiger partial charge < -0.3 is 0 Å². The molecule has 0 N–H and O–H groups in total. The Morgan fingerprint density at radius 1 is 0.733 bits per heavy atom. The Hall–Kier alpha value is -1.01. The molecule has 0 amide bonds. The van der Waals surface area contributed by atoms with Gasteiger partial charge in [0.15, 0.2) is 0 Å². The summed E-state index contributed by atoms with van der Waals surface area (Å²) in [5.41, 5.74) is 2.94. The van der Waals surface area contributed by atoms with Gasteiger partial charge in [0.25, 0.3) is 0 Å². The molecule has 0 aliphatic rings. The summed E-state index contributed by atoms with van der Waals surface area (Å²) >= 11 is -1.85. The molecular weight excluding hydrogens is 486 g/mol. The maximum atomic E-state index is 5.13. The molecule has 3 heteroatoms. The fourth-order valence-electron chi connectivity index (χ4n) is 3.61. The quantitative estimate of drug-likeness (QED) is 0.237. The van der Waals surface area contributed by atoms with Crippen molar-refractivity contribution in [2.45, 2.75) is 40.5 Å². The van der Waals surface area contributed by atoms with Crippen LogP contribution in [-0.2, 0) is 31.7 Å². The van der Waals surface area contributed by atoms with Crippen LogP contribution >= 0.6 is 17.0 Å². The average Bonchev–Trinajstić information content (AvgIpc) is 3.22. The van der Waals surface area contributed by atoms with Gasteiger partial charge in [0.1, 0.15) is 0 Å². The maximum absolute atomic E-state index is 5.13. The zero-order chi connectivity index (χ0) is 22.1. The Balaban J connectivity index is 0.000000182. The second-order valence-electron chi connectivity index (χ2n) is 8.52. The molecule has 0 atom stereocenters. The number of halogens is 2. The standard InChI is InChI=1S/2C13H15.CH2.2ClH.Zr/c2*1-10(2)7-11-8-12-5-3-4-6-13(12)9-11;;;;/h2*3-6,8-10H,7H2,1-2H3;1H2;2*1H;/q2*-1;;;;+2/p-2. The van der Waals surface area contributed by atoms with Crippen LogP contribution in [0.25, 0.3) is 21.5 Å². The predicted molar refractivity (Wildman–Crippen MR) is 135 cm³/mol. The van der Waals surface area contributed by atoms with E-state index in [4.69, 9.17) is 17.0 Å². The summed E-state index contributed by atoms with van der Waals surface area (Å²) in [4.78, 5) is 0. The minimum atomic E-state index is -1.85. The first-order valence-corrected chi connectivity index (χ1v) is 18.6. The van der Waals surface area contributed by atoms with Crippen LogP contribution < -0.4 is 0 Å². The molecule has 0 aromatic heterocycles. The summed E-state index contributed by atoms with van der Waals surface area (Å²) in [5, 5.41) is 5.49. The van der Waals surface area contributed by atoms with Crippen molar-refractivity contribution in [3.8, 4) is 0 Å². The molecule has 4 rings (SSSR count). The molecule has 30 heavy (non-hydrogen) atoms. The van der Waals surface area contributed by atoms with Crippen molar-refractivity contribution in [1.82, 2.24) is 0 Å². The molecule has 0 fully saturated rings. The van der Waals surface area contributed by atoms with E-state index in [-0.39, 0.29) is 0 Å². The molecule has 160 valence electrons. The van der Waals surface area contributed by atoms with E-state index in [9.17, 15) is 0 Å². The van der Waals surface area contributed by atoms with Crippen molar-refractivity contribution >= 4 is 42.8 Å². The van der Waals surface area contributed by atoms with E-state index in [1.54, 1.807) is 0 Å². The third-order valence-corrected chi connectivity index (χ3v) is 4.64. The zero-order valence-corrected chi connectivity index (χ0v) is 22.4. The zero-order valence-electron chi connectivity index (χ0n) is 18.5. The van der Waals surface area contributed by atoms with Crippen molar-refractivity contribution < 1.29 is 18.9 Å². The second kappa shape index (κ2) is 12.8.